The van der Waals surface area contributed by atoms with E-state index in [9.17, 15) is 9.59 Å². The first kappa shape index (κ1) is 12.7. The average Bonchev–Trinajstić information content (AvgIpc) is 2.73. The van der Waals surface area contributed by atoms with Gasteiger partial charge in [-0.05, 0) is 25.1 Å². The second-order valence-electron chi connectivity index (χ2n) is 4.64. The van der Waals surface area contributed by atoms with E-state index in [2.05, 4.69) is 5.10 Å². The third kappa shape index (κ3) is 1.78. The second-order valence-corrected chi connectivity index (χ2v) is 5.08. The van der Waals surface area contributed by atoms with Crippen molar-refractivity contribution >= 4 is 22.5 Å². The van der Waals surface area contributed by atoms with Crippen LogP contribution in [0, 0.1) is 6.92 Å². The molecule has 3 aromatic rings. The number of fused-ring (bicyclic) bond motifs is 1. The molecule has 0 aliphatic rings. The fraction of sp³-hybridized carbons (Fsp3) is 0.143. The molecular formula is C14H12ClN3O2. The lowest BCUT2D eigenvalue weighted by atomic mass is 10.2. The first-order valence-electron chi connectivity index (χ1n) is 6.06. The van der Waals surface area contributed by atoms with Crippen LogP contribution in [0.1, 0.15) is 5.69 Å². The molecular weight excluding hydrogens is 278 g/mol. The van der Waals surface area contributed by atoms with Gasteiger partial charge in [0.15, 0.2) is 0 Å². The SMILES string of the molecule is Cc1c2c(=O)[nH]n(-c3cccc(Cl)c3)c2cc(=O)n1C. The van der Waals surface area contributed by atoms with E-state index < -0.39 is 0 Å². The van der Waals surface area contributed by atoms with E-state index in [1.54, 1.807) is 36.9 Å². The van der Waals surface area contributed by atoms with E-state index in [0.29, 0.717) is 27.3 Å². The molecule has 1 aromatic carbocycles. The Morgan fingerprint density at radius 2 is 1.95 bits per heavy atom. The molecule has 2 heterocycles. The zero-order chi connectivity index (χ0) is 14.4. The summed E-state index contributed by atoms with van der Waals surface area (Å²) in [6.45, 7) is 1.75. The van der Waals surface area contributed by atoms with Gasteiger partial charge in [0.1, 0.15) is 0 Å². The van der Waals surface area contributed by atoms with E-state index in [0.717, 1.165) is 0 Å². The van der Waals surface area contributed by atoms with Gasteiger partial charge in [0.25, 0.3) is 11.1 Å². The minimum absolute atomic E-state index is 0.162. The minimum Gasteiger partial charge on any atom is -0.315 e. The quantitative estimate of drug-likeness (QED) is 0.745. The number of aromatic amines is 1. The maximum absolute atomic E-state index is 12.1. The van der Waals surface area contributed by atoms with Crippen molar-refractivity contribution in [3.63, 3.8) is 0 Å². The van der Waals surface area contributed by atoms with Gasteiger partial charge >= 0.3 is 0 Å². The van der Waals surface area contributed by atoms with Gasteiger partial charge in [0.05, 0.1) is 16.6 Å². The highest BCUT2D eigenvalue weighted by molar-refractivity contribution is 6.30. The number of aryl methyl sites for hydroxylation is 1. The predicted molar refractivity (Wildman–Crippen MR) is 78.9 cm³/mol. The molecule has 0 fully saturated rings. The minimum atomic E-state index is -0.229. The van der Waals surface area contributed by atoms with E-state index in [1.807, 2.05) is 6.07 Å². The van der Waals surface area contributed by atoms with Crippen molar-refractivity contribution in [2.45, 2.75) is 6.92 Å². The number of nitrogens with one attached hydrogen (secondary N) is 1. The van der Waals surface area contributed by atoms with Crippen molar-refractivity contribution in [3.8, 4) is 5.69 Å². The van der Waals surface area contributed by atoms with E-state index in [4.69, 9.17) is 11.6 Å². The van der Waals surface area contributed by atoms with Crippen molar-refractivity contribution in [2.24, 2.45) is 7.05 Å². The Hall–Kier alpha value is -2.27. The third-order valence-corrected chi connectivity index (χ3v) is 3.69. The molecule has 5 nitrogen and oxygen atoms in total. The molecule has 0 spiro atoms. The van der Waals surface area contributed by atoms with Gasteiger partial charge in [-0.1, -0.05) is 17.7 Å². The van der Waals surface area contributed by atoms with Crippen molar-refractivity contribution in [1.82, 2.24) is 14.3 Å². The van der Waals surface area contributed by atoms with Gasteiger partial charge in [-0.3, -0.25) is 19.4 Å². The molecule has 0 saturated carbocycles. The molecule has 0 unspecified atom stereocenters. The fourth-order valence-corrected chi connectivity index (χ4v) is 2.48. The van der Waals surface area contributed by atoms with Gasteiger partial charge in [-0.15, -0.1) is 0 Å². The third-order valence-electron chi connectivity index (χ3n) is 3.46. The molecule has 102 valence electrons. The van der Waals surface area contributed by atoms with Crippen molar-refractivity contribution < 1.29 is 0 Å². The molecule has 3 rings (SSSR count). The fourth-order valence-electron chi connectivity index (χ4n) is 2.30. The topological polar surface area (TPSA) is 59.8 Å². The first-order chi connectivity index (χ1) is 9.49. The molecule has 2 aromatic heterocycles. The highest BCUT2D eigenvalue weighted by atomic mass is 35.5. The van der Waals surface area contributed by atoms with Crippen LogP contribution in [0.4, 0.5) is 0 Å². The summed E-state index contributed by atoms with van der Waals surface area (Å²) in [5, 5.41) is 3.81. The number of benzene rings is 1. The first-order valence-corrected chi connectivity index (χ1v) is 6.44. The summed E-state index contributed by atoms with van der Waals surface area (Å²) in [4.78, 5) is 24.0. The standard InChI is InChI=1S/C14H12ClN3O2/c1-8-13-11(7-12(19)17(8)2)18(16-14(13)20)10-5-3-4-9(15)6-10/h3-7H,1-2H3,(H,16,20). The van der Waals surface area contributed by atoms with Crippen LogP contribution in [0.3, 0.4) is 0 Å². The summed E-state index contributed by atoms with van der Waals surface area (Å²) in [5.41, 5.74) is 1.50. The van der Waals surface area contributed by atoms with Crippen LogP contribution >= 0.6 is 11.6 Å². The number of hydrogen-bond acceptors (Lipinski definition) is 2. The number of halogens is 1. The van der Waals surface area contributed by atoms with Crippen LogP contribution in [0.5, 0.6) is 0 Å². The van der Waals surface area contributed by atoms with Crippen molar-refractivity contribution in [3.05, 3.63) is 61.8 Å². The molecule has 0 atom stereocenters. The summed E-state index contributed by atoms with van der Waals surface area (Å²) in [7, 11) is 1.65. The van der Waals surface area contributed by atoms with Gasteiger partial charge in [-0.2, -0.15) is 0 Å². The number of rotatable bonds is 1. The number of H-pyrrole nitrogens is 1. The Kier molecular flexibility index (Phi) is 2.79. The van der Waals surface area contributed by atoms with Crippen LogP contribution < -0.4 is 11.1 Å². The molecule has 0 aliphatic carbocycles. The number of aromatic nitrogens is 3. The lowest BCUT2D eigenvalue weighted by Gasteiger charge is -2.07. The van der Waals surface area contributed by atoms with E-state index in [-0.39, 0.29) is 11.1 Å². The van der Waals surface area contributed by atoms with Crippen LogP contribution in [0.25, 0.3) is 16.6 Å². The van der Waals surface area contributed by atoms with Gasteiger partial charge in [0, 0.05) is 23.8 Å². The maximum atomic E-state index is 12.1. The largest absolute Gasteiger partial charge is 0.315 e. The maximum Gasteiger partial charge on any atom is 0.274 e. The number of hydrogen-bond donors (Lipinski definition) is 1. The monoisotopic (exact) mass is 289 g/mol. The Bertz CT molecular complexity index is 934. The van der Waals surface area contributed by atoms with E-state index >= 15 is 0 Å². The molecule has 0 amide bonds. The summed E-state index contributed by atoms with van der Waals surface area (Å²) in [6.07, 6.45) is 0. The van der Waals surface area contributed by atoms with E-state index in [1.165, 1.54) is 10.6 Å². The van der Waals surface area contributed by atoms with Crippen LogP contribution in [0.15, 0.2) is 39.9 Å². The Morgan fingerprint density at radius 1 is 1.20 bits per heavy atom. The van der Waals surface area contributed by atoms with Crippen LogP contribution in [-0.4, -0.2) is 14.3 Å². The van der Waals surface area contributed by atoms with Gasteiger partial charge < -0.3 is 4.57 Å². The van der Waals surface area contributed by atoms with Crippen LogP contribution in [-0.2, 0) is 7.05 Å². The average molecular weight is 290 g/mol. The highest BCUT2D eigenvalue weighted by Crippen LogP contribution is 2.19. The summed E-state index contributed by atoms with van der Waals surface area (Å²) < 4.78 is 3.04. The molecule has 6 heteroatoms. The summed E-state index contributed by atoms with van der Waals surface area (Å²) >= 11 is 5.97. The zero-order valence-corrected chi connectivity index (χ0v) is 11.7. The smallest absolute Gasteiger partial charge is 0.274 e. The number of nitrogens with zero attached hydrogens (tertiary/aromatic N) is 2. The summed E-state index contributed by atoms with van der Waals surface area (Å²) in [5.74, 6) is 0. The molecule has 0 bridgehead atoms. The van der Waals surface area contributed by atoms with Crippen molar-refractivity contribution in [1.29, 1.82) is 0 Å². The zero-order valence-electron chi connectivity index (χ0n) is 11.0. The van der Waals surface area contributed by atoms with Crippen molar-refractivity contribution in [2.75, 3.05) is 0 Å². The molecule has 0 aliphatic heterocycles. The lowest BCUT2D eigenvalue weighted by Crippen LogP contribution is -2.19. The normalized spacial score (nSPS) is 11.2. The number of pyridine rings is 1. The Balaban J connectivity index is 2.45. The lowest BCUT2D eigenvalue weighted by molar-refractivity contribution is 0.828. The summed E-state index contributed by atoms with van der Waals surface area (Å²) in [6, 6.07) is 8.52. The Morgan fingerprint density at radius 3 is 2.65 bits per heavy atom. The highest BCUT2D eigenvalue weighted by Gasteiger charge is 2.13. The predicted octanol–water partition coefficient (Wildman–Crippen LogP) is 1.98. The van der Waals surface area contributed by atoms with Gasteiger partial charge in [-0.25, -0.2) is 0 Å². The Labute approximate surface area is 119 Å². The molecule has 0 radical (unpaired) electrons. The molecule has 20 heavy (non-hydrogen) atoms. The second kappa shape index (κ2) is 4.38. The molecule has 1 N–H and O–H groups in total. The van der Waals surface area contributed by atoms with Crippen LogP contribution in [0.2, 0.25) is 5.02 Å². The van der Waals surface area contributed by atoms with Gasteiger partial charge in [0.2, 0.25) is 0 Å². The molecule has 0 saturated heterocycles.